The van der Waals surface area contributed by atoms with Gasteiger partial charge in [0.05, 0.1) is 12.0 Å². The van der Waals surface area contributed by atoms with Gasteiger partial charge in [-0.25, -0.2) is 4.79 Å². The third kappa shape index (κ3) is 1.57. The van der Waals surface area contributed by atoms with Crippen molar-refractivity contribution in [1.82, 2.24) is 4.90 Å². The molecule has 1 aliphatic rings. The summed E-state index contributed by atoms with van der Waals surface area (Å²) in [5.41, 5.74) is 5.60. The van der Waals surface area contributed by atoms with Crippen LogP contribution < -0.4 is 5.73 Å². The first-order valence-electron chi connectivity index (χ1n) is 4.53. The fourth-order valence-electron chi connectivity index (χ4n) is 1.46. The van der Waals surface area contributed by atoms with Crippen molar-refractivity contribution in [2.45, 2.75) is 32.7 Å². The highest BCUT2D eigenvalue weighted by molar-refractivity contribution is 5.99. The SMILES string of the molecule is CCC(C)N1C(=O)CC(C(=O)O)=C1N. The van der Waals surface area contributed by atoms with Crippen molar-refractivity contribution in [2.24, 2.45) is 5.73 Å². The van der Waals surface area contributed by atoms with E-state index < -0.39 is 5.97 Å². The number of nitrogens with zero attached hydrogens (tertiary/aromatic N) is 1. The summed E-state index contributed by atoms with van der Waals surface area (Å²) < 4.78 is 0. The number of hydrogen-bond donors (Lipinski definition) is 2. The summed E-state index contributed by atoms with van der Waals surface area (Å²) >= 11 is 0. The Morgan fingerprint density at radius 1 is 1.71 bits per heavy atom. The van der Waals surface area contributed by atoms with Crippen molar-refractivity contribution in [2.75, 3.05) is 0 Å². The van der Waals surface area contributed by atoms with Gasteiger partial charge in [-0.05, 0) is 13.3 Å². The Hall–Kier alpha value is -1.52. The van der Waals surface area contributed by atoms with Crippen LogP contribution in [-0.4, -0.2) is 27.9 Å². The number of rotatable bonds is 3. The number of hydrogen-bond acceptors (Lipinski definition) is 3. The summed E-state index contributed by atoms with van der Waals surface area (Å²) in [6.07, 6.45) is 0.658. The van der Waals surface area contributed by atoms with Gasteiger partial charge in [0.15, 0.2) is 0 Å². The maximum absolute atomic E-state index is 11.4. The molecule has 1 amide bonds. The molecule has 1 rings (SSSR count). The van der Waals surface area contributed by atoms with Gasteiger partial charge in [-0.2, -0.15) is 0 Å². The average Bonchev–Trinajstić information content (AvgIpc) is 2.41. The molecule has 0 aromatic carbocycles. The maximum atomic E-state index is 11.4. The predicted molar refractivity (Wildman–Crippen MR) is 50.1 cm³/mol. The lowest BCUT2D eigenvalue weighted by Crippen LogP contribution is -2.36. The van der Waals surface area contributed by atoms with Gasteiger partial charge < -0.3 is 10.8 Å². The van der Waals surface area contributed by atoms with Crippen LogP contribution in [-0.2, 0) is 9.59 Å². The maximum Gasteiger partial charge on any atom is 0.335 e. The van der Waals surface area contributed by atoms with Crippen LogP contribution in [0, 0.1) is 0 Å². The molecule has 1 atom stereocenters. The van der Waals surface area contributed by atoms with E-state index in [-0.39, 0.29) is 29.8 Å². The monoisotopic (exact) mass is 198 g/mol. The molecule has 1 aliphatic heterocycles. The Labute approximate surface area is 82.2 Å². The first-order valence-corrected chi connectivity index (χ1v) is 4.53. The van der Waals surface area contributed by atoms with Gasteiger partial charge in [0.25, 0.3) is 0 Å². The van der Waals surface area contributed by atoms with Crippen molar-refractivity contribution in [1.29, 1.82) is 0 Å². The molecule has 5 heteroatoms. The molecule has 5 nitrogen and oxygen atoms in total. The summed E-state index contributed by atoms with van der Waals surface area (Å²) in [6, 6.07) is -0.0423. The summed E-state index contributed by atoms with van der Waals surface area (Å²) in [5, 5.41) is 8.76. The lowest BCUT2D eigenvalue weighted by molar-refractivity contribution is -0.134. The van der Waals surface area contributed by atoms with Crippen LogP contribution >= 0.6 is 0 Å². The van der Waals surface area contributed by atoms with Gasteiger partial charge in [0.1, 0.15) is 5.82 Å². The Morgan fingerprint density at radius 2 is 2.29 bits per heavy atom. The molecule has 0 aromatic rings. The van der Waals surface area contributed by atoms with E-state index >= 15 is 0 Å². The smallest absolute Gasteiger partial charge is 0.335 e. The highest BCUT2D eigenvalue weighted by Gasteiger charge is 2.34. The van der Waals surface area contributed by atoms with Crippen molar-refractivity contribution >= 4 is 11.9 Å². The molecule has 0 saturated carbocycles. The molecule has 1 unspecified atom stereocenters. The topological polar surface area (TPSA) is 83.6 Å². The highest BCUT2D eigenvalue weighted by Crippen LogP contribution is 2.23. The van der Waals surface area contributed by atoms with E-state index in [0.717, 1.165) is 6.42 Å². The van der Waals surface area contributed by atoms with Gasteiger partial charge in [0, 0.05) is 6.04 Å². The zero-order chi connectivity index (χ0) is 10.9. The minimum absolute atomic E-state index is 0.00954. The van der Waals surface area contributed by atoms with Crippen LogP contribution in [0.1, 0.15) is 26.7 Å². The number of carboxylic acid groups (broad SMARTS) is 1. The average molecular weight is 198 g/mol. The summed E-state index contributed by atoms with van der Waals surface area (Å²) in [4.78, 5) is 23.5. The number of carbonyl (C=O) groups excluding carboxylic acids is 1. The molecule has 0 aliphatic carbocycles. The van der Waals surface area contributed by atoms with Crippen LogP contribution in [0.2, 0.25) is 0 Å². The molecule has 0 saturated heterocycles. The first kappa shape index (κ1) is 10.6. The summed E-state index contributed by atoms with van der Waals surface area (Å²) in [5.74, 6) is -1.24. The molecule has 3 N–H and O–H groups in total. The quantitative estimate of drug-likeness (QED) is 0.681. The molecule has 0 radical (unpaired) electrons. The van der Waals surface area contributed by atoms with Crippen LogP contribution in [0.5, 0.6) is 0 Å². The van der Waals surface area contributed by atoms with E-state index in [1.165, 1.54) is 4.90 Å². The van der Waals surface area contributed by atoms with Crippen molar-refractivity contribution < 1.29 is 14.7 Å². The Balaban J connectivity index is 2.98. The molecular weight excluding hydrogens is 184 g/mol. The van der Waals surface area contributed by atoms with E-state index in [0.29, 0.717) is 0 Å². The van der Waals surface area contributed by atoms with Crippen LogP contribution in [0.3, 0.4) is 0 Å². The van der Waals surface area contributed by atoms with E-state index in [9.17, 15) is 9.59 Å². The van der Waals surface area contributed by atoms with E-state index in [1.54, 1.807) is 0 Å². The van der Waals surface area contributed by atoms with E-state index in [4.69, 9.17) is 10.8 Å². The van der Waals surface area contributed by atoms with E-state index in [2.05, 4.69) is 0 Å². The minimum atomic E-state index is -1.11. The Bertz CT molecular complexity index is 309. The van der Waals surface area contributed by atoms with Crippen molar-refractivity contribution in [3.05, 3.63) is 11.4 Å². The second kappa shape index (κ2) is 3.69. The van der Waals surface area contributed by atoms with Crippen LogP contribution in [0.15, 0.2) is 11.4 Å². The Morgan fingerprint density at radius 3 is 2.64 bits per heavy atom. The summed E-state index contributed by atoms with van der Waals surface area (Å²) in [7, 11) is 0. The number of amides is 1. The van der Waals surface area contributed by atoms with Gasteiger partial charge in [0.2, 0.25) is 5.91 Å². The molecule has 0 fully saturated rings. The second-order valence-corrected chi connectivity index (χ2v) is 3.37. The molecular formula is C9H14N2O3. The number of nitrogens with two attached hydrogens (primary N) is 1. The molecule has 14 heavy (non-hydrogen) atoms. The largest absolute Gasteiger partial charge is 0.478 e. The second-order valence-electron chi connectivity index (χ2n) is 3.37. The fourth-order valence-corrected chi connectivity index (χ4v) is 1.46. The molecule has 0 bridgehead atoms. The zero-order valence-corrected chi connectivity index (χ0v) is 8.28. The third-order valence-electron chi connectivity index (χ3n) is 2.46. The molecule has 0 aromatic heterocycles. The number of aliphatic carboxylic acids is 1. The third-order valence-corrected chi connectivity index (χ3v) is 2.46. The number of carbonyl (C=O) groups is 2. The van der Waals surface area contributed by atoms with Crippen molar-refractivity contribution in [3.63, 3.8) is 0 Å². The highest BCUT2D eigenvalue weighted by atomic mass is 16.4. The normalized spacial score (nSPS) is 19.0. The lowest BCUT2D eigenvalue weighted by Gasteiger charge is -2.24. The predicted octanol–water partition coefficient (Wildman–Crippen LogP) is 0.272. The first-order chi connectivity index (χ1) is 6.49. The van der Waals surface area contributed by atoms with E-state index in [1.807, 2.05) is 13.8 Å². The van der Waals surface area contributed by atoms with Crippen LogP contribution in [0.25, 0.3) is 0 Å². The van der Waals surface area contributed by atoms with Gasteiger partial charge >= 0.3 is 5.97 Å². The summed E-state index contributed by atoms with van der Waals surface area (Å²) in [6.45, 7) is 3.76. The standard InChI is InChI=1S/C9H14N2O3/c1-3-5(2)11-7(12)4-6(8(11)10)9(13)14/h5H,3-4,10H2,1-2H3,(H,13,14). The van der Waals surface area contributed by atoms with Crippen molar-refractivity contribution in [3.8, 4) is 0 Å². The minimum Gasteiger partial charge on any atom is -0.478 e. The fraction of sp³-hybridized carbons (Fsp3) is 0.556. The lowest BCUT2D eigenvalue weighted by atomic mass is 10.2. The van der Waals surface area contributed by atoms with Gasteiger partial charge in [-0.15, -0.1) is 0 Å². The molecule has 1 heterocycles. The molecule has 78 valence electrons. The number of carboxylic acids is 1. The van der Waals surface area contributed by atoms with Gasteiger partial charge in [-0.3, -0.25) is 9.69 Å². The Kier molecular flexibility index (Phi) is 2.78. The molecule has 0 spiro atoms. The van der Waals surface area contributed by atoms with Gasteiger partial charge in [-0.1, -0.05) is 6.92 Å². The van der Waals surface area contributed by atoms with Crippen LogP contribution in [0.4, 0.5) is 0 Å². The zero-order valence-electron chi connectivity index (χ0n) is 8.28.